The van der Waals surface area contributed by atoms with Crippen LogP contribution < -0.4 is 9.64 Å². The number of amides is 2. The lowest BCUT2D eigenvalue weighted by Crippen LogP contribution is -2.33. The van der Waals surface area contributed by atoms with Crippen LogP contribution in [0.4, 0.5) is 5.69 Å². The summed E-state index contributed by atoms with van der Waals surface area (Å²) < 4.78 is 5.74. The lowest BCUT2D eigenvalue weighted by molar-refractivity contribution is -0.123. The maximum absolute atomic E-state index is 13.1. The second-order valence-electron chi connectivity index (χ2n) is 7.84. The van der Waals surface area contributed by atoms with E-state index in [0.29, 0.717) is 15.6 Å². The first-order valence-corrected chi connectivity index (χ1v) is 10.5. The summed E-state index contributed by atoms with van der Waals surface area (Å²) in [5.74, 6) is -0.858. The number of Topliss-reactive ketones (excluding diaryl/α,β-unsaturated/α-hetero) is 1. The maximum atomic E-state index is 13.1. The molecular formula is C23H17Cl2NO4. The molecule has 0 aromatic heterocycles. The van der Waals surface area contributed by atoms with Crippen LogP contribution in [0.2, 0.25) is 10.0 Å². The van der Waals surface area contributed by atoms with Gasteiger partial charge in [0.2, 0.25) is 11.8 Å². The Hall–Kier alpha value is -2.63. The number of halogens is 2. The van der Waals surface area contributed by atoms with Crippen LogP contribution in [0.5, 0.6) is 5.75 Å². The summed E-state index contributed by atoms with van der Waals surface area (Å²) in [7, 11) is 0. The number of rotatable bonds is 5. The molecule has 2 bridgehead atoms. The highest BCUT2D eigenvalue weighted by molar-refractivity contribution is 6.32. The van der Waals surface area contributed by atoms with Crippen LogP contribution in [-0.4, -0.2) is 24.2 Å². The molecule has 7 heteroatoms. The smallest absolute Gasteiger partial charge is 0.238 e. The first-order valence-electron chi connectivity index (χ1n) is 9.71. The predicted molar refractivity (Wildman–Crippen MR) is 113 cm³/mol. The fourth-order valence-corrected chi connectivity index (χ4v) is 5.08. The maximum Gasteiger partial charge on any atom is 0.238 e. The summed E-state index contributed by atoms with van der Waals surface area (Å²) in [5.41, 5.74) is 0.746. The van der Waals surface area contributed by atoms with Gasteiger partial charge < -0.3 is 4.74 Å². The Kier molecular flexibility index (Phi) is 4.68. The Morgan fingerprint density at radius 2 is 1.53 bits per heavy atom. The van der Waals surface area contributed by atoms with Crippen molar-refractivity contribution in [2.45, 2.75) is 6.42 Å². The largest absolute Gasteiger partial charge is 0.483 e. The molecule has 4 atom stereocenters. The number of nitrogens with zero attached hydrogens (tertiary/aromatic N) is 1. The van der Waals surface area contributed by atoms with Crippen molar-refractivity contribution in [1.29, 1.82) is 0 Å². The van der Waals surface area contributed by atoms with Crippen molar-refractivity contribution in [2.75, 3.05) is 11.5 Å². The molecule has 152 valence electrons. The number of allylic oxidation sites excluding steroid dienone is 2. The van der Waals surface area contributed by atoms with Crippen LogP contribution in [0.15, 0.2) is 54.6 Å². The van der Waals surface area contributed by atoms with Crippen molar-refractivity contribution >= 4 is 46.5 Å². The summed E-state index contributed by atoms with van der Waals surface area (Å²) in [5, 5.41) is 0.910. The monoisotopic (exact) mass is 441 g/mol. The van der Waals surface area contributed by atoms with Gasteiger partial charge in [0.05, 0.1) is 17.5 Å². The second kappa shape index (κ2) is 7.25. The van der Waals surface area contributed by atoms with Crippen molar-refractivity contribution in [1.82, 2.24) is 0 Å². The first kappa shape index (κ1) is 19.3. The van der Waals surface area contributed by atoms with Gasteiger partial charge in [-0.1, -0.05) is 35.4 Å². The van der Waals surface area contributed by atoms with E-state index in [-0.39, 0.29) is 59.3 Å². The topological polar surface area (TPSA) is 63.7 Å². The molecule has 5 nitrogen and oxygen atoms in total. The van der Waals surface area contributed by atoms with E-state index in [9.17, 15) is 14.4 Å². The number of ether oxygens (including phenoxy) is 1. The van der Waals surface area contributed by atoms with Crippen LogP contribution in [0.1, 0.15) is 16.8 Å². The number of hydrogen-bond donors (Lipinski definition) is 0. The van der Waals surface area contributed by atoms with Gasteiger partial charge in [-0.25, -0.2) is 4.90 Å². The Morgan fingerprint density at radius 1 is 0.933 bits per heavy atom. The van der Waals surface area contributed by atoms with Crippen molar-refractivity contribution in [2.24, 2.45) is 23.7 Å². The van der Waals surface area contributed by atoms with Crippen LogP contribution in [-0.2, 0) is 9.59 Å². The Balaban J connectivity index is 1.41. The third-order valence-corrected chi connectivity index (χ3v) is 6.64. The fourth-order valence-electron chi connectivity index (χ4n) is 4.79. The highest BCUT2D eigenvalue weighted by Gasteiger charge is 2.59. The van der Waals surface area contributed by atoms with E-state index >= 15 is 0 Å². The zero-order chi connectivity index (χ0) is 21.0. The van der Waals surface area contributed by atoms with E-state index in [1.807, 2.05) is 12.2 Å². The average molecular weight is 442 g/mol. The summed E-state index contributed by atoms with van der Waals surface area (Å²) >= 11 is 12.0. The molecule has 1 saturated heterocycles. The zero-order valence-electron chi connectivity index (χ0n) is 15.8. The van der Waals surface area contributed by atoms with Crippen molar-refractivity contribution in [3.8, 4) is 5.75 Å². The first-order chi connectivity index (χ1) is 14.4. The minimum absolute atomic E-state index is 0.108. The molecule has 0 spiro atoms. The molecule has 1 aliphatic heterocycles. The van der Waals surface area contributed by atoms with E-state index in [1.165, 1.54) is 11.0 Å². The summed E-state index contributed by atoms with van der Waals surface area (Å²) in [4.78, 5) is 39.9. The standard InChI is InChI=1S/C23H17Cl2NO4/c24-15-5-3-12(4-6-15)18(27)11-30-19-8-7-16(25)10-17(19)26-22(28)20-13-1-2-14(9-13)21(20)23(26)29/h1-8,10,13-14,20-21H,9,11H2/t13-,14-,20-,21+/m0/s1. The third kappa shape index (κ3) is 3.04. The molecule has 30 heavy (non-hydrogen) atoms. The molecule has 2 aliphatic carbocycles. The molecule has 0 unspecified atom stereocenters. The molecular weight excluding hydrogens is 425 g/mol. The molecule has 5 rings (SSSR count). The van der Waals surface area contributed by atoms with Gasteiger partial charge in [0.25, 0.3) is 0 Å². The minimum atomic E-state index is -0.324. The highest BCUT2D eigenvalue weighted by Crippen LogP contribution is 2.54. The van der Waals surface area contributed by atoms with Gasteiger partial charge in [-0.15, -0.1) is 0 Å². The number of imide groups is 1. The van der Waals surface area contributed by atoms with Crippen molar-refractivity contribution in [3.05, 3.63) is 70.2 Å². The molecule has 1 heterocycles. The number of benzene rings is 2. The lowest BCUT2D eigenvalue weighted by Gasteiger charge is -2.21. The summed E-state index contributed by atoms with van der Waals surface area (Å²) in [6, 6.07) is 11.2. The van der Waals surface area contributed by atoms with Crippen LogP contribution in [0, 0.1) is 23.7 Å². The number of fused-ring (bicyclic) bond motifs is 5. The average Bonchev–Trinajstić information content (AvgIpc) is 3.41. The molecule has 2 aromatic rings. The molecule has 2 amide bonds. The summed E-state index contributed by atoms with van der Waals surface area (Å²) in [6.45, 7) is -0.244. The van der Waals surface area contributed by atoms with E-state index in [1.54, 1.807) is 36.4 Å². The SMILES string of the molecule is O=C(COc1ccc(Cl)cc1N1C(=O)[C@@H]2[C@H](C1=O)[C@H]1C=C[C@H]2C1)c1ccc(Cl)cc1. The molecule has 2 aromatic carbocycles. The number of hydrogen-bond acceptors (Lipinski definition) is 4. The number of anilines is 1. The van der Waals surface area contributed by atoms with E-state index < -0.39 is 0 Å². The number of carbonyl (C=O) groups excluding carboxylic acids is 3. The lowest BCUT2D eigenvalue weighted by atomic mass is 9.85. The highest BCUT2D eigenvalue weighted by atomic mass is 35.5. The number of carbonyl (C=O) groups is 3. The molecule has 0 N–H and O–H groups in total. The van der Waals surface area contributed by atoms with Crippen LogP contribution in [0.3, 0.4) is 0 Å². The molecule has 0 radical (unpaired) electrons. The van der Waals surface area contributed by atoms with Crippen LogP contribution in [0.25, 0.3) is 0 Å². The van der Waals surface area contributed by atoms with E-state index in [4.69, 9.17) is 27.9 Å². The summed E-state index contributed by atoms with van der Waals surface area (Å²) in [6.07, 6.45) is 4.94. The number of ketones is 1. The molecule has 1 saturated carbocycles. The Labute approximate surface area is 183 Å². The van der Waals surface area contributed by atoms with Gasteiger partial charge >= 0.3 is 0 Å². The predicted octanol–water partition coefficient (Wildman–Crippen LogP) is 4.57. The van der Waals surface area contributed by atoms with Gasteiger partial charge in [0, 0.05) is 15.6 Å². The Morgan fingerprint density at radius 3 is 2.17 bits per heavy atom. The molecule has 2 fully saturated rings. The second-order valence-corrected chi connectivity index (χ2v) is 8.72. The van der Waals surface area contributed by atoms with Gasteiger partial charge in [0.1, 0.15) is 5.75 Å². The fraction of sp³-hybridized carbons (Fsp3) is 0.261. The van der Waals surface area contributed by atoms with Crippen molar-refractivity contribution in [3.63, 3.8) is 0 Å². The van der Waals surface area contributed by atoms with Gasteiger partial charge in [-0.2, -0.15) is 0 Å². The van der Waals surface area contributed by atoms with Crippen molar-refractivity contribution < 1.29 is 19.1 Å². The molecule has 3 aliphatic rings. The van der Waals surface area contributed by atoms with Crippen LogP contribution >= 0.6 is 23.2 Å². The van der Waals surface area contributed by atoms with E-state index in [2.05, 4.69) is 0 Å². The van der Waals surface area contributed by atoms with Gasteiger partial charge in [-0.05, 0) is 60.7 Å². The third-order valence-electron chi connectivity index (χ3n) is 6.16. The quantitative estimate of drug-likeness (QED) is 0.387. The van der Waals surface area contributed by atoms with E-state index in [0.717, 1.165) is 6.42 Å². The van der Waals surface area contributed by atoms with Gasteiger partial charge in [0.15, 0.2) is 12.4 Å². The normalized spacial score (nSPS) is 26.4. The Bertz CT molecular complexity index is 1060. The minimum Gasteiger partial charge on any atom is -0.483 e. The van der Waals surface area contributed by atoms with Gasteiger partial charge in [-0.3, -0.25) is 14.4 Å². The zero-order valence-corrected chi connectivity index (χ0v) is 17.3.